The highest BCUT2D eigenvalue weighted by molar-refractivity contribution is 7.99. The third kappa shape index (κ3) is 9.14. The standard InChI is InChI=1S/C29H32F6N6O5S3/c30-28(31,32)27-38-24-17-36-10-8-22(24)26(39-27)40-49(44,45)21-6-7-23(25(16-21)48(42,43)29(33,34)35)37-19(9-11-41-12-14-46-15-13-41)18-47-20-4-2-1-3-5-20/h1-7,16,19,36-37H,8-15,17-18H2,(H,38,39,40). The van der Waals surface area contributed by atoms with E-state index < -0.39 is 64.7 Å². The van der Waals surface area contributed by atoms with Crippen LogP contribution in [0.3, 0.4) is 0 Å². The monoisotopic (exact) mass is 754 g/mol. The van der Waals surface area contributed by atoms with Crippen LogP contribution in [0.15, 0.2) is 63.2 Å². The second kappa shape index (κ2) is 15.0. The molecule has 49 heavy (non-hydrogen) atoms. The van der Waals surface area contributed by atoms with E-state index in [-0.39, 0.29) is 30.8 Å². The van der Waals surface area contributed by atoms with E-state index in [1.54, 1.807) is 0 Å². The molecule has 5 rings (SSSR count). The van der Waals surface area contributed by atoms with Gasteiger partial charge in [0.15, 0.2) is 0 Å². The summed E-state index contributed by atoms with van der Waals surface area (Å²) in [6, 6.07) is 10.7. The smallest absolute Gasteiger partial charge is 0.380 e. The average molecular weight is 755 g/mol. The molecule has 0 spiro atoms. The molecule has 3 heterocycles. The Morgan fingerprint density at radius 2 is 1.69 bits per heavy atom. The van der Waals surface area contributed by atoms with Crippen LogP contribution >= 0.6 is 11.8 Å². The maximum Gasteiger partial charge on any atom is 0.501 e. The van der Waals surface area contributed by atoms with E-state index in [9.17, 15) is 43.2 Å². The van der Waals surface area contributed by atoms with Crippen LogP contribution in [0, 0.1) is 0 Å². The third-order valence-corrected chi connectivity index (χ3v) is 11.8. The van der Waals surface area contributed by atoms with Crippen LogP contribution in [0.4, 0.5) is 37.8 Å². The number of benzene rings is 2. The summed E-state index contributed by atoms with van der Waals surface area (Å²) in [5, 5.41) is 5.73. The number of sulfone groups is 1. The van der Waals surface area contributed by atoms with Gasteiger partial charge in [0, 0.05) is 48.4 Å². The van der Waals surface area contributed by atoms with Crippen LogP contribution < -0.4 is 15.4 Å². The number of alkyl halides is 6. The Labute approximate surface area is 283 Å². The van der Waals surface area contributed by atoms with Crippen molar-refractivity contribution in [1.29, 1.82) is 0 Å². The Hall–Kier alpha value is -3.17. The van der Waals surface area contributed by atoms with E-state index in [1.165, 1.54) is 11.8 Å². The Balaban J connectivity index is 1.49. The number of nitrogens with zero attached hydrogens (tertiary/aromatic N) is 3. The predicted octanol–water partition coefficient (Wildman–Crippen LogP) is 4.53. The van der Waals surface area contributed by atoms with Crippen molar-refractivity contribution in [2.24, 2.45) is 0 Å². The van der Waals surface area contributed by atoms with E-state index in [4.69, 9.17) is 4.74 Å². The summed E-state index contributed by atoms with van der Waals surface area (Å²) in [4.78, 5) is 7.53. The molecular weight excluding hydrogens is 723 g/mol. The van der Waals surface area contributed by atoms with Crippen molar-refractivity contribution in [2.45, 2.75) is 51.8 Å². The first-order chi connectivity index (χ1) is 23.0. The Morgan fingerprint density at radius 3 is 2.37 bits per heavy atom. The number of morpholine rings is 1. The molecule has 0 saturated carbocycles. The number of hydrogen-bond acceptors (Lipinski definition) is 11. The van der Waals surface area contributed by atoms with Gasteiger partial charge in [-0.1, -0.05) is 18.2 Å². The lowest BCUT2D eigenvalue weighted by Gasteiger charge is -2.29. The van der Waals surface area contributed by atoms with Crippen LogP contribution in [-0.2, 0) is 43.7 Å². The number of nitrogens with one attached hydrogen (secondary N) is 3. The fourth-order valence-corrected chi connectivity index (χ4v) is 8.26. The fourth-order valence-electron chi connectivity index (χ4n) is 5.19. The van der Waals surface area contributed by atoms with Gasteiger partial charge in [-0.15, -0.1) is 11.8 Å². The van der Waals surface area contributed by atoms with Gasteiger partial charge in [0.2, 0.25) is 5.82 Å². The Bertz CT molecular complexity index is 1840. The van der Waals surface area contributed by atoms with Crippen molar-refractivity contribution in [2.75, 3.05) is 55.2 Å². The van der Waals surface area contributed by atoms with Gasteiger partial charge in [-0.05, 0) is 49.7 Å². The number of aromatic nitrogens is 2. The van der Waals surface area contributed by atoms with Crippen molar-refractivity contribution >= 4 is 43.1 Å². The van der Waals surface area contributed by atoms with Gasteiger partial charge >= 0.3 is 11.7 Å². The van der Waals surface area contributed by atoms with E-state index in [0.29, 0.717) is 51.1 Å². The SMILES string of the molecule is O=S(=O)(Nc1nc(C(F)(F)F)nc2c1CCNC2)c1ccc(NC(CCN2CCOCC2)CSc2ccccc2)c(S(=O)(=O)C(F)(F)F)c1. The lowest BCUT2D eigenvalue weighted by atomic mass is 10.1. The highest BCUT2D eigenvalue weighted by atomic mass is 32.2. The molecule has 0 radical (unpaired) electrons. The molecule has 1 saturated heterocycles. The molecule has 2 aliphatic rings. The molecule has 1 fully saturated rings. The summed E-state index contributed by atoms with van der Waals surface area (Å²) in [6.07, 6.45) is -4.60. The van der Waals surface area contributed by atoms with Crippen LogP contribution in [0.2, 0.25) is 0 Å². The number of ether oxygens (including phenoxy) is 1. The summed E-state index contributed by atoms with van der Waals surface area (Å²) in [5.74, 6) is -2.01. The van der Waals surface area contributed by atoms with Gasteiger partial charge in [0.05, 0.1) is 29.5 Å². The third-order valence-electron chi connectivity index (χ3n) is 7.73. The van der Waals surface area contributed by atoms with E-state index in [2.05, 4.69) is 25.5 Å². The molecule has 1 aromatic heterocycles. The van der Waals surface area contributed by atoms with Gasteiger partial charge in [-0.3, -0.25) is 9.62 Å². The van der Waals surface area contributed by atoms with Crippen molar-refractivity contribution < 1.29 is 47.9 Å². The van der Waals surface area contributed by atoms with E-state index in [1.807, 2.05) is 35.1 Å². The molecule has 1 atom stereocenters. The van der Waals surface area contributed by atoms with Gasteiger partial charge in [0.1, 0.15) is 10.7 Å². The average Bonchev–Trinajstić information content (AvgIpc) is 3.05. The highest BCUT2D eigenvalue weighted by Gasteiger charge is 2.48. The topological polar surface area (TPSA) is 143 Å². The van der Waals surface area contributed by atoms with Gasteiger partial charge in [0.25, 0.3) is 19.9 Å². The number of halogens is 6. The molecule has 20 heteroatoms. The first-order valence-electron chi connectivity index (χ1n) is 14.9. The van der Waals surface area contributed by atoms with Crippen molar-refractivity contribution in [3.63, 3.8) is 0 Å². The summed E-state index contributed by atoms with van der Waals surface area (Å²) in [5.41, 5.74) is -6.33. The molecule has 11 nitrogen and oxygen atoms in total. The number of thioether (sulfide) groups is 1. The summed E-state index contributed by atoms with van der Waals surface area (Å²) >= 11 is 1.40. The van der Waals surface area contributed by atoms with Crippen LogP contribution in [-0.4, -0.2) is 88.4 Å². The van der Waals surface area contributed by atoms with Crippen molar-refractivity contribution in [3.8, 4) is 0 Å². The number of hydrogen-bond donors (Lipinski definition) is 3. The van der Waals surface area contributed by atoms with E-state index in [0.717, 1.165) is 17.0 Å². The number of anilines is 2. The molecule has 1 unspecified atom stereocenters. The van der Waals surface area contributed by atoms with Crippen LogP contribution in [0.1, 0.15) is 23.5 Å². The zero-order valence-electron chi connectivity index (χ0n) is 25.6. The fraction of sp³-hybridized carbons (Fsp3) is 0.448. The molecule has 3 aromatic rings. The number of fused-ring (bicyclic) bond motifs is 1. The second-order valence-electron chi connectivity index (χ2n) is 11.2. The molecule has 0 bridgehead atoms. The first kappa shape index (κ1) is 37.1. The molecule has 2 aromatic carbocycles. The minimum absolute atomic E-state index is 0.0503. The zero-order valence-corrected chi connectivity index (χ0v) is 28.1. The molecular formula is C29H32F6N6O5S3. The molecule has 0 aliphatic carbocycles. The van der Waals surface area contributed by atoms with Crippen molar-refractivity contribution in [3.05, 3.63) is 65.6 Å². The second-order valence-corrected chi connectivity index (χ2v) is 15.9. The predicted molar refractivity (Wildman–Crippen MR) is 169 cm³/mol. The quantitative estimate of drug-likeness (QED) is 0.177. The zero-order chi connectivity index (χ0) is 35.5. The van der Waals surface area contributed by atoms with Gasteiger partial charge < -0.3 is 15.4 Å². The Morgan fingerprint density at radius 1 is 0.980 bits per heavy atom. The minimum atomic E-state index is -6.12. The molecule has 268 valence electrons. The summed E-state index contributed by atoms with van der Waals surface area (Å²) in [7, 11) is -11.1. The summed E-state index contributed by atoms with van der Waals surface area (Å²) in [6.45, 7) is 2.98. The van der Waals surface area contributed by atoms with E-state index >= 15 is 0 Å². The van der Waals surface area contributed by atoms with Crippen molar-refractivity contribution in [1.82, 2.24) is 20.2 Å². The lowest BCUT2D eigenvalue weighted by Crippen LogP contribution is -2.39. The lowest BCUT2D eigenvalue weighted by molar-refractivity contribution is -0.145. The van der Waals surface area contributed by atoms with Crippen LogP contribution in [0.25, 0.3) is 0 Å². The highest BCUT2D eigenvalue weighted by Crippen LogP contribution is 2.37. The number of sulfonamides is 1. The first-order valence-corrected chi connectivity index (χ1v) is 18.9. The summed E-state index contributed by atoms with van der Waals surface area (Å²) < 4.78 is 143. The maximum absolute atomic E-state index is 14.0. The van der Waals surface area contributed by atoms with Gasteiger partial charge in [-0.25, -0.2) is 26.8 Å². The molecule has 0 amide bonds. The molecule has 2 aliphatic heterocycles. The molecule has 3 N–H and O–H groups in total. The largest absolute Gasteiger partial charge is 0.501 e. The van der Waals surface area contributed by atoms with Gasteiger partial charge in [-0.2, -0.15) is 26.3 Å². The maximum atomic E-state index is 14.0. The number of rotatable bonds is 12. The van der Waals surface area contributed by atoms with Crippen LogP contribution in [0.5, 0.6) is 0 Å². The Kier molecular flexibility index (Phi) is 11.3. The normalized spacial score (nSPS) is 16.9. The minimum Gasteiger partial charge on any atom is -0.380 e.